The van der Waals surface area contributed by atoms with Crippen LogP contribution in [-0.2, 0) is 9.59 Å². The minimum absolute atomic E-state index is 0.0703. The van der Waals surface area contributed by atoms with Crippen molar-refractivity contribution in [3.63, 3.8) is 0 Å². The summed E-state index contributed by atoms with van der Waals surface area (Å²) < 4.78 is 14.2. The van der Waals surface area contributed by atoms with Crippen LogP contribution in [0.3, 0.4) is 0 Å². The van der Waals surface area contributed by atoms with Gasteiger partial charge in [0.2, 0.25) is 11.8 Å². The Morgan fingerprint density at radius 1 is 1.23 bits per heavy atom. The highest BCUT2D eigenvalue weighted by Crippen LogP contribution is 2.32. The van der Waals surface area contributed by atoms with Gasteiger partial charge in [-0.15, -0.1) is 0 Å². The molecule has 2 aliphatic rings. The maximum absolute atomic E-state index is 14.2. The third kappa shape index (κ3) is 3.92. The molecule has 2 aromatic rings. The molecule has 1 fully saturated rings. The number of benzene rings is 2. The molecule has 0 spiro atoms. The molecule has 2 unspecified atom stereocenters. The Hall–Kier alpha value is -2.87. The first-order chi connectivity index (χ1) is 14.5. The maximum Gasteiger partial charge on any atom is 0.256 e. The van der Waals surface area contributed by atoms with Crippen LogP contribution in [0.25, 0.3) is 11.1 Å². The van der Waals surface area contributed by atoms with Crippen LogP contribution in [0.4, 0.5) is 10.1 Å². The van der Waals surface area contributed by atoms with E-state index in [1.807, 2.05) is 6.26 Å². The Morgan fingerprint density at radius 3 is 2.80 bits per heavy atom. The van der Waals surface area contributed by atoms with Crippen LogP contribution in [0.1, 0.15) is 23.2 Å². The van der Waals surface area contributed by atoms with Crippen LogP contribution in [0.15, 0.2) is 42.5 Å². The van der Waals surface area contributed by atoms with Gasteiger partial charge in [-0.1, -0.05) is 24.3 Å². The van der Waals surface area contributed by atoms with E-state index in [1.54, 1.807) is 41.3 Å². The van der Waals surface area contributed by atoms with Crippen molar-refractivity contribution in [2.75, 3.05) is 23.9 Å². The number of carbonyl (C=O) groups excluding carboxylic acids is 3. The monoisotopic (exact) mass is 427 g/mol. The molecule has 2 atom stereocenters. The van der Waals surface area contributed by atoms with Gasteiger partial charge in [-0.05, 0) is 42.9 Å². The summed E-state index contributed by atoms with van der Waals surface area (Å²) in [4.78, 5) is 39.6. The fourth-order valence-electron chi connectivity index (χ4n) is 4.05. The summed E-state index contributed by atoms with van der Waals surface area (Å²) in [6, 6.07) is 10.5. The Labute approximate surface area is 178 Å². The highest BCUT2D eigenvalue weighted by molar-refractivity contribution is 7.99. The van der Waals surface area contributed by atoms with E-state index >= 15 is 0 Å². The van der Waals surface area contributed by atoms with Gasteiger partial charge in [-0.2, -0.15) is 11.8 Å². The fraction of sp³-hybridized carbons (Fsp3) is 0.318. The lowest BCUT2D eigenvalue weighted by Gasteiger charge is -2.37. The van der Waals surface area contributed by atoms with Gasteiger partial charge in [-0.3, -0.25) is 14.4 Å². The van der Waals surface area contributed by atoms with Crippen LogP contribution < -0.4 is 10.6 Å². The summed E-state index contributed by atoms with van der Waals surface area (Å²) >= 11 is 1.43. The highest BCUT2D eigenvalue weighted by Gasteiger charge is 2.40. The predicted molar refractivity (Wildman–Crippen MR) is 115 cm³/mol. The Balaban J connectivity index is 1.61. The smallest absolute Gasteiger partial charge is 0.256 e. The van der Waals surface area contributed by atoms with Gasteiger partial charge >= 0.3 is 0 Å². The van der Waals surface area contributed by atoms with E-state index in [-0.39, 0.29) is 29.6 Å². The van der Waals surface area contributed by atoms with Crippen LogP contribution in [0.5, 0.6) is 0 Å². The largest absolute Gasteiger partial charge is 0.352 e. The van der Waals surface area contributed by atoms with Crippen molar-refractivity contribution in [1.29, 1.82) is 0 Å². The zero-order chi connectivity index (χ0) is 21.3. The van der Waals surface area contributed by atoms with Crippen LogP contribution >= 0.6 is 11.8 Å². The summed E-state index contributed by atoms with van der Waals surface area (Å²) in [6.45, 7) is 0.366. The third-order valence-electron chi connectivity index (χ3n) is 5.50. The van der Waals surface area contributed by atoms with Crippen molar-refractivity contribution < 1.29 is 18.8 Å². The van der Waals surface area contributed by atoms with E-state index in [0.717, 1.165) is 0 Å². The minimum atomic E-state index is -0.657. The first kappa shape index (κ1) is 20.4. The quantitative estimate of drug-likeness (QED) is 0.787. The molecule has 2 N–H and O–H groups in total. The number of fused-ring (bicyclic) bond motifs is 2. The molecule has 0 saturated carbocycles. The van der Waals surface area contributed by atoms with Gasteiger partial charge in [0.25, 0.3) is 5.91 Å². The average molecular weight is 428 g/mol. The zero-order valence-electron chi connectivity index (χ0n) is 16.5. The third-order valence-corrected chi connectivity index (χ3v) is 6.05. The molecule has 0 radical (unpaired) electrons. The normalized spacial score (nSPS) is 20.7. The van der Waals surface area contributed by atoms with Gasteiger partial charge in [0.05, 0.1) is 17.0 Å². The molecule has 4 rings (SSSR count). The lowest BCUT2D eigenvalue weighted by atomic mass is 9.95. The second-order valence-electron chi connectivity index (χ2n) is 7.47. The molecule has 6 nitrogen and oxygen atoms in total. The second kappa shape index (κ2) is 8.47. The maximum atomic E-state index is 14.2. The van der Waals surface area contributed by atoms with Crippen molar-refractivity contribution in [1.82, 2.24) is 10.2 Å². The van der Waals surface area contributed by atoms with Crippen molar-refractivity contribution in [3.8, 4) is 11.1 Å². The number of hydrogen-bond donors (Lipinski definition) is 2. The van der Waals surface area contributed by atoms with E-state index in [1.165, 1.54) is 17.8 Å². The van der Waals surface area contributed by atoms with E-state index in [4.69, 9.17) is 0 Å². The first-order valence-corrected chi connectivity index (χ1v) is 11.2. The zero-order valence-corrected chi connectivity index (χ0v) is 17.3. The lowest BCUT2D eigenvalue weighted by Crippen LogP contribution is -2.55. The number of anilines is 1. The van der Waals surface area contributed by atoms with E-state index in [9.17, 15) is 18.8 Å². The van der Waals surface area contributed by atoms with Crippen LogP contribution in [-0.4, -0.2) is 53.3 Å². The number of hydrogen-bond acceptors (Lipinski definition) is 4. The van der Waals surface area contributed by atoms with Crippen LogP contribution in [0.2, 0.25) is 0 Å². The van der Waals surface area contributed by atoms with Crippen molar-refractivity contribution in [2.24, 2.45) is 0 Å². The molecule has 1 saturated heterocycles. The number of rotatable bonds is 4. The lowest BCUT2D eigenvalue weighted by molar-refractivity contribution is -0.123. The van der Waals surface area contributed by atoms with Gasteiger partial charge in [0, 0.05) is 18.2 Å². The molecule has 2 aromatic carbocycles. The Kier molecular flexibility index (Phi) is 5.76. The summed E-state index contributed by atoms with van der Waals surface area (Å²) in [5.41, 5.74) is 1.74. The average Bonchev–Trinajstić information content (AvgIpc) is 2.83. The summed E-state index contributed by atoms with van der Waals surface area (Å²) in [5, 5.41) is 5.78. The Morgan fingerprint density at radius 2 is 2.03 bits per heavy atom. The van der Waals surface area contributed by atoms with Gasteiger partial charge in [0.1, 0.15) is 11.9 Å². The molecule has 2 heterocycles. The fourth-order valence-corrected chi connectivity index (χ4v) is 4.40. The number of nitrogens with zero attached hydrogens (tertiary/aromatic N) is 1. The highest BCUT2D eigenvalue weighted by atomic mass is 32.2. The Bertz CT molecular complexity index is 1010. The van der Waals surface area contributed by atoms with E-state index in [2.05, 4.69) is 10.6 Å². The molecule has 30 heavy (non-hydrogen) atoms. The number of amides is 3. The summed E-state index contributed by atoms with van der Waals surface area (Å²) in [6.07, 6.45) is 2.80. The number of nitrogens with one attached hydrogen (secondary N) is 2. The van der Waals surface area contributed by atoms with Crippen molar-refractivity contribution in [2.45, 2.75) is 24.9 Å². The van der Waals surface area contributed by atoms with Crippen LogP contribution in [0, 0.1) is 5.82 Å². The number of thioether (sulfide) groups is 1. The first-order valence-electron chi connectivity index (χ1n) is 9.77. The molecule has 8 heteroatoms. The molecular weight excluding hydrogens is 405 g/mol. The topological polar surface area (TPSA) is 78.5 Å². The van der Waals surface area contributed by atoms with Gasteiger partial charge in [-0.25, -0.2) is 4.39 Å². The predicted octanol–water partition coefficient (Wildman–Crippen LogP) is 2.90. The number of halogens is 1. The minimum Gasteiger partial charge on any atom is -0.352 e. The molecule has 0 aromatic heterocycles. The second-order valence-corrected chi connectivity index (χ2v) is 8.33. The molecule has 0 bridgehead atoms. The molecule has 2 aliphatic heterocycles. The number of carbonyl (C=O) groups is 3. The number of piperidine rings is 1. The standard InChI is InChI=1S/C22H22FN3O3S/c1-30-12-20(27)24-14-8-9-26-19(11-14)21(28)25-18-7-6-13(10-16(18)22(26)29)15-4-2-3-5-17(15)23/h2-7,10,14,19H,8-9,11-12H2,1H3,(H,24,27)(H,25,28). The van der Waals surface area contributed by atoms with Gasteiger partial charge < -0.3 is 15.5 Å². The van der Waals surface area contributed by atoms with Crippen molar-refractivity contribution >= 4 is 35.2 Å². The molecule has 3 amide bonds. The molecular formula is C22H22FN3O3S. The SMILES string of the molecule is CSCC(=O)NC1CCN2C(=O)c3cc(-c4ccccc4F)ccc3NC(=O)C2C1. The molecule has 0 aliphatic carbocycles. The van der Waals surface area contributed by atoms with Crippen molar-refractivity contribution in [3.05, 3.63) is 53.8 Å². The summed E-state index contributed by atoms with van der Waals surface area (Å²) in [5.74, 6) is -0.619. The van der Waals surface area contributed by atoms with Gasteiger partial charge in [0.15, 0.2) is 0 Å². The van der Waals surface area contributed by atoms with E-state index < -0.39 is 6.04 Å². The molecule has 156 valence electrons. The summed E-state index contributed by atoms with van der Waals surface area (Å²) in [7, 11) is 0. The van der Waals surface area contributed by atoms with E-state index in [0.29, 0.717) is 47.5 Å².